The molecule has 0 aliphatic carbocycles. The van der Waals surface area contributed by atoms with Crippen LogP contribution in [0.1, 0.15) is 5.82 Å². The number of carbonyl (C=O) groups is 1. The topological polar surface area (TPSA) is 82.7 Å². The zero-order valence-electron chi connectivity index (χ0n) is 15.1. The Balaban J connectivity index is 1.49. The van der Waals surface area contributed by atoms with Crippen molar-refractivity contribution in [2.45, 2.75) is 18.6 Å². The molecule has 2 aromatic heterocycles. The molecule has 0 N–H and O–H groups in total. The van der Waals surface area contributed by atoms with E-state index in [-0.39, 0.29) is 23.6 Å². The van der Waals surface area contributed by atoms with Crippen molar-refractivity contribution in [2.24, 2.45) is 0 Å². The van der Waals surface area contributed by atoms with Gasteiger partial charge in [0.1, 0.15) is 5.82 Å². The molecule has 0 spiro atoms. The summed E-state index contributed by atoms with van der Waals surface area (Å²) >= 11 is 1.30. The van der Waals surface area contributed by atoms with Gasteiger partial charge in [0, 0.05) is 5.69 Å². The fourth-order valence-corrected chi connectivity index (χ4v) is 3.76. The van der Waals surface area contributed by atoms with Gasteiger partial charge in [-0.1, -0.05) is 42.1 Å². The number of thioether (sulfide) groups is 1. The van der Waals surface area contributed by atoms with Gasteiger partial charge in [0.15, 0.2) is 10.9 Å². The number of para-hydroxylation sites is 2. The van der Waals surface area contributed by atoms with Crippen LogP contribution >= 0.6 is 11.8 Å². The number of Topliss-reactive ketones (excluding diaryl/α,β-unsaturated/α-hetero) is 1. The summed E-state index contributed by atoms with van der Waals surface area (Å²) in [4.78, 5) is 29.2. The number of ketones is 1. The lowest BCUT2D eigenvalue weighted by Crippen LogP contribution is -2.25. The number of hydrogen-bond acceptors (Lipinski definition) is 6. The van der Waals surface area contributed by atoms with Crippen LogP contribution in [0, 0.1) is 6.92 Å². The lowest BCUT2D eigenvalue weighted by molar-refractivity contribution is -0.117. The fourth-order valence-electron chi connectivity index (χ4n) is 2.91. The number of hydrogen-bond donors (Lipinski definition) is 0. The van der Waals surface area contributed by atoms with E-state index in [4.69, 9.17) is 0 Å². The molecule has 0 amide bonds. The molecular formula is C20H17N5O2S. The summed E-state index contributed by atoms with van der Waals surface area (Å²) in [6, 6.07) is 16.8. The summed E-state index contributed by atoms with van der Waals surface area (Å²) in [5, 5.41) is 9.44. The minimum Gasteiger partial charge on any atom is -0.297 e. The maximum atomic E-state index is 12.5. The smallest absolute Gasteiger partial charge is 0.261 e. The minimum atomic E-state index is -0.216. The van der Waals surface area contributed by atoms with Gasteiger partial charge >= 0.3 is 0 Å². The number of aryl methyl sites for hydroxylation is 1. The Morgan fingerprint density at radius 2 is 1.79 bits per heavy atom. The van der Waals surface area contributed by atoms with Gasteiger partial charge in [-0.25, -0.2) is 4.98 Å². The Kier molecular flexibility index (Phi) is 5.03. The Hall–Kier alpha value is -3.26. The maximum Gasteiger partial charge on any atom is 0.261 e. The molecule has 8 heteroatoms. The van der Waals surface area contributed by atoms with Crippen LogP contribution in [0.2, 0.25) is 0 Å². The maximum absolute atomic E-state index is 12.5. The normalized spacial score (nSPS) is 11.0. The first kappa shape index (κ1) is 18.1. The average Bonchev–Trinajstić information content (AvgIpc) is 3.10. The van der Waals surface area contributed by atoms with Crippen molar-refractivity contribution in [3.63, 3.8) is 0 Å². The summed E-state index contributed by atoms with van der Waals surface area (Å²) in [6.07, 6.45) is 1.42. The van der Waals surface area contributed by atoms with Crippen molar-refractivity contribution in [1.29, 1.82) is 0 Å². The van der Waals surface area contributed by atoms with Crippen LogP contribution in [0.15, 0.2) is 70.9 Å². The molecule has 2 aromatic carbocycles. The van der Waals surface area contributed by atoms with Gasteiger partial charge in [0.25, 0.3) is 5.56 Å². The monoisotopic (exact) mass is 391 g/mol. The minimum absolute atomic E-state index is 0.0257. The van der Waals surface area contributed by atoms with Crippen molar-refractivity contribution in [1.82, 2.24) is 24.3 Å². The van der Waals surface area contributed by atoms with E-state index in [2.05, 4.69) is 15.2 Å². The van der Waals surface area contributed by atoms with Crippen LogP contribution in [0.5, 0.6) is 0 Å². The van der Waals surface area contributed by atoms with E-state index in [1.807, 2.05) is 47.9 Å². The highest BCUT2D eigenvalue weighted by atomic mass is 32.2. The molecule has 4 aromatic rings. The summed E-state index contributed by atoms with van der Waals surface area (Å²) in [6.45, 7) is 1.84. The quantitative estimate of drug-likeness (QED) is 0.470. The Morgan fingerprint density at radius 1 is 1.04 bits per heavy atom. The Morgan fingerprint density at radius 3 is 2.61 bits per heavy atom. The average molecular weight is 391 g/mol. The second-order valence-corrected chi connectivity index (χ2v) is 7.17. The molecule has 28 heavy (non-hydrogen) atoms. The predicted molar refractivity (Wildman–Crippen MR) is 108 cm³/mol. The largest absolute Gasteiger partial charge is 0.297 e. The van der Waals surface area contributed by atoms with E-state index in [0.717, 1.165) is 11.5 Å². The zero-order valence-corrected chi connectivity index (χ0v) is 16.0. The number of aromatic nitrogens is 5. The number of nitrogens with zero attached hydrogens (tertiary/aromatic N) is 5. The highest BCUT2D eigenvalue weighted by Crippen LogP contribution is 2.21. The van der Waals surface area contributed by atoms with E-state index < -0.39 is 0 Å². The second-order valence-electron chi connectivity index (χ2n) is 6.22. The molecule has 7 nitrogen and oxygen atoms in total. The van der Waals surface area contributed by atoms with Gasteiger partial charge in [0.05, 0.1) is 29.5 Å². The highest BCUT2D eigenvalue weighted by Gasteiger charge is 2.14. The molecule has 4 rings (SSSR count). The van der Waals surface area contributed by atoms with E-state index in [1.165, 1.54) is 22.7 Å². The lowest BCUT2D eigenvalue weighted by atomic mass is 10.2. The van der Waals surface area contributed by atoms with Crippen molar-refractivity contribution in [3.05, 3.63) is 77.1 Å². The molecule has 140 valence electrons. The van der Waals surface area contributed by atoms with Crippen LogP contribution in [0.3, 0.4) is 0 Å². The third kappa shape index (κ3) is 3.59. The first-order valence-electron chi connectivity index (χ1n) is 8.69. The SMILES string of the molecule is Cc1nnc(SCC(=O)Cn2cnc3ccccc3c2=O)n1-c1ccccc1. The third-order valence-electron chi connectivity index (χ3n) is 4.25. The number of benzene rings is 2. The Bertz CT molecular complexity index is 1200. The zero-order chi connectivity index (χ0) is 19.5. The van der Waals surface area contributed by atoms with Gasteiger partial charge in [-0.05, 0) is 31.2 Å². The van der Waals surface area contributed by atoms with Crippen molar-refractivity contribution in [3.8, 4) is 5.69 Å². The third-order valence-corrected chi connectivity index (χ3v) is 5.24. The molecule has 0 unspecified atom stereocenters. The van der Waals surface area contributed by atoms with Crippen molar-refractivity contribution < 1.29 is 4.79 Å². The molecule has 2 heterocycles. The summed E-state index contributed by atoms with van der Waals surface area (Å²) in [7, 11) is 0. The van der Waals surface area contributed by atoms with Crippen molar-refractivity contribution >= 4 is 28.4 Å². The van der Waals surface area contributed by atoms with Crippen LogP contribution in [0.4, 0.5) is 0 Å². The Labute approximate surface area is 165 Å². The fraction of sp³-hybridized carbons (Fsp3) is 0.150. The van der Waals surface area contributed by atoms with E-state index in [9.17, 15) is 9.59 Å². The van der Waals surface area contributed by atoms with Crippen LogP contribution in [-0.2, 0) is 11.3 Å². The van der Waals surface area contributed by atoms with Crippen LogP contribution in [-0.4, -0.2) is 35.9 Å². The van der Waals surface area contributed by atoms with Crippen LogP contribution in [0.25, 0.3) is 16.6 Å². The number of fused-ring (bicyclic) bond motifs is 1. The molecule has 0 aliphatic rings. The molecule has 0 bridgehead atoms. The highest BCUT2D eigenvalue weighted by molar-refractivity contribution is 7.99. The second kappa shape index (κ2) is 7.77. The molecular weight excluding hydrogens is 374 g/mol. The first-order chi connectivity index (χ1) is 13.6. The summed E-state index contributed by atoms with van der Waals surface area (Å²) in [5.74, 6) is 0.838. The summed E-state index contributed by atoms with van der Waals surface area (Å²) < 4.78 is 3.25. The van der Waals surface area contributed by atoms with Gasteiger partial charge in [0.2, 0.25) is 0 Å². The van der Waals surface area contributed by atoms with Gasteiger partial charge in [-0.15, -0.1) is 10.2 Å². The van der Waals surface area contributed by atoms with Gasteiger partial charge < -0.3 is 0 Å². The van der Waals surface area contributed by atoms with E-state index in [1.54, 1.807) is 18.2 Å². The van der Waals surface area contributed by atoms with Gasteiger partial charge in [-0.3, -0.25) is 18.7 Å². The van der Waals surface area contributed by atoms with Gasteiger partial charge in [-0.2, -0.15) is 0 Å². The molecule has 0 radical (unpaired) electrons. The standard InChI is InChI=1S/C20H17N5O2S/c1-14-22-23-20(25(14)15-7-3-2-4-8-15)28-12-16(26)11-24-13-21-18-10-6-5-9-17(18)19(24)27/h2-10,13H,11-12H2,1H3. The molecule has 0 saturated heterocycles. The lowest BCUT2D eigenvalue weighted by Gasteiger charge is -2.08. The summed E-state index contributed by atoms with van der Waals surface area (Å²) in [5.41, 5.74) is 1.35. The molecule has 0 saturated carbocycles. The molecule has 0 fully saturated rings. The van der Waals surface area contributed by atoms with Crippen molar-refractivity contribution in [2.75, 3.05) is 5.75 Å². The molecule has 0 aliphatic heterocycles. The van der Waals surface area contributed by atoms with E-state index in [0.29, 0.717) is 16.1 Å². The molecule has 0 atom stereocenters. The first-order valence-corrected chi connectivity index (χ1v) is 9.68. The van der Waals surface area contributed by atoms with Crippen LogP contribution < -0.4 is 5.56 Å². The number of carbonyl (C=O) groups excluding carboxylic acids is 1. The predicted octanol–water partition coefficient (Wildman–Crippen LogP) is 2.65. The van der Waals surface area contributed by atoms with E-state index >= 15 is 0 Å². The number of rotatable bonds is 6.